The third-order valence-corrected chi connectivity index (χ3v) is 11.5. The fraction of sp³-hybridized carbons (Fsp3) is 0.955. The number of rotatable bonds is 41. The third kappa shape index (κ3) is 40.5. The number of ether oxygens (including phenoxy) is 2. The standard InChI is InChI=1S/C44H88NO7P/c1-6-8-10-12-14-16-18-20-22-24-26-28-30-32-34-36-43(46)50-40-42(41-51-53(48,49)39-38-45(3,4)5)52-44(47)37-35-33-31-29-27-25-23-21-19-17-15-13-11-9-7-2/h42H,6-41H2,1-5H3. The summed E-state index contributed by atoms with van der Waals surface area (Å²) in [6.07, 6.45) is 37.2. The van der Waals surface area contributed by atoms with Crippen LogP contribution in [0.4, 0.5) is 0 Å². The fourth-order valence-corrected chi connectivity index (χ4v) is 7.95. The van der Waals surface area contributed by atoms with E-state index in [-0.39, 0.29) is 31.8 Å². The van der Waals surface area contributed by atoms with Gasteiger partial charge in [0.25, 0.3) is 0 Å². The zero-order valence-electron chi connectivity index (χ0n) is 35.8. The predicted molar refractivity (Wildman–Crippen MR) is 221 cm³/mol. The van der Waals surface area contributed by atoms with E-state index in [0.717, 1.165) is 38.5 Å². The number of hydrogen-bond donors (Lipinski definition) is 0. The molecule has 0 amide bonds. The van der Waals surface area contributed by atoms with Crippen LogP contribution in [0, 0.1) is 0 Å². The highest BCUT2D eigenvalue weighted by molar-refractivity contribution is 7.51. The average molecular weight is 774 g/mol. The van der Waals surface area contributed by atoms with Crippen molar-refractivity contribution in [3.05, 3.63) is 0 Å². The lowest BCUT2D eigenvalue weighted by atomic mass is 10.0. The van der Waals surface area contributed by atoms with E-state index in [4.69, 9.17) is 14.0 Å². The molecule has 316 valence electrons. The summed E-state index contributed by atoms with van der Waals surface area (Å²) in [6, 6.07) is 0. The molecule has 0 heterocycles. The molecule has 53 heavy (non-hydrogen) atoms. The topological polar surface area (TPSA) is 102 Å². The van der Waals surface area contributed by atoms with Gasteiger partial charge in [-0.1, -0.05) is 194 Å². The van der Waals surface area contributed by atoms with Gasteiger partial charge in [-0.05, 0) is 12.8 Å². The molecular formula is C44H88NO7P. The average Bonchev–Trinajstić information content (AvgIpc) is 3.11. The van der Waals surface area contributed by atoms with Crippen LogP contribution < -0.4 is 4.89 Å². The highest BCUT2D eigenvalue weighted by Crippen LogP contribution is 2.37. The van der Waals surface area contributed by atoms with E-state index < -0.39 is 19.7 Å². The molecule has 0 N–H and O–H groups in total. The van der Waals surface area contributed by atoms with Crippen molar-refractivity contribution in [1.82, 2.24) is 0 Å². The summed E-state index contributed by atoms with van der Waals surface area (Å²) in [7, 11) is 1.62. The second-order valence-electron chi connectivity index (χ2n) is 16.8. The van der Waals surface area contributed by atoms with Gasteiger partial charge in [0.2, 0.25) is 0 Å². The summed E-state index contributed by atoms with van der Waals surface area (Å²) in [5, 5.41) is 0. The van der Waals surface area contributed by atoms with Gasteiger partial charge < -0.3 is 27.9 Å². The highest BCUT2D eigenvalue weighted by atomic mass is 31.2. The minimum absolute atomic E-state index is 0.116. The minimum Gasteiger partial charge on any atom is -0.778 e. The summed E-state index contributed by atoms with van der Waals surface area (Å²) in [4.78, 5) is 37.7. The van der Waals surface area contributed by atoms with Gasteiger partial charge in [0.15, 0.2) is 6.10 Å². The zero-order valence-corrected chi connectivity index (χ0v) is 36.7. The molecule has 0 spiro atoms. The highest BCUT2D eigenvalue weighted by Gasteiger charge is 2.22. The lowest BCUT2D eigenvalue weighted by molar-refractivity contribution is -0.868. The van der Waals surface area contributed by atoms with E-state index in [1.807, 2.05) is 21.1 Å². The number of hydrogen-bond acceptors (Lipinski definition) is 7. The van der Waals surface area contributed by atoms with E-state index in [2.05, 4.69) is 13.8 Å². The molecule has 0 fully saturated rings. The molecule has 0 rings (SSSR count). The Bertz CT molecular complexity index is 878. The second-order valence-corrected chi connectivity index (χ2v) is 18.8. The van der Waals surface area contributed by atoms with Crippen LogP contribution in [0.2, 0.25) is 0 Å². The first kappa shape index (κ1) is 52.0. The second kappa shape index (κ2) is 36.7. The van der Waals surface area contributed by atoms with Crippen LogP contribution in [0.3, 0.4) is 0 Å². The van der Waals surface area contributed by atoms with Crippen molar-refractivity contribution in [3.8, 4) is 0 Å². The van der Waals surface area contributed by atoms with Crippen LogP contribution in [-0.2, 0) is 28.2 Å². The maximum atomic E-state index is 12.7. The lowest BCUT2D eigenvalue weighted by Gasteiger charge is -2.30. The molecule has 0 aliphatic heterocycles. The first-order chi connectivity index (χ1) is 25.5. The van der Waals surface area contributed by atoms with Gasteiger partial charge in [-0.2, -0.15) is 0 Å². The maximum absolute atomic E-state index is 12.7. The van der Waals surface area contributed by atoms with Crippen molar-refractivity contribution >= 4 is 19.5 Å². The van der Waals surface area contributed by atoms with Crippen LogP contribution in [0.5, 0.6) is 0 Å². The van der Waals surface area contributed by atoms with Crippen molar-refractivity contribution in [2.75, 3.05) is 47.1 Å². The molecule has 0 bridgehead atoms. The minimum atomic E-state index is -4.13. The van der Waals surface area contributed by atoms with E-state index in [1.165, 1.54) is 154 Å². The van der Waals surface area contributed by atoms with Crippen LogP contribution >= 0.6 is 7.60 Å². The zero-order chi connectivity index (χ0) is 39.3. The summed E-state index contributed by atoms with van der Waals surface area (Å²) in [5.74, 6) is -0.752. The molecule has 0 aromatic carbocycles. The number of quaternary nitrogens is 1. The molecule has 2 atom stereocenters. The van der Waals surface area contributed by atoms with Crippen LogP contribution in [0.25, 0.3) is 0 Å². The summed E-state index contributed by atoms with van der Waals surface area (Å²) >= 11 is 0. The van der Waals surface area contributed by atoms with Gasteiger partial charge >= 0.3 is 11.9 Å². The SMILES string of the molecule is CCCCCCCCCCCCCCCCCC(=O)OCC(COP(=O)([O-])CC[N+](C)(C)C)OC(=O)CCCCCCCCCCCCCCCCC. The Hall–Kier alpha value is -0.950. The maximum Gasteiger partial charge on any atom is 0.306 e. The van der Waals surface area contributed by atoms with Gasteiger partial charge in [0, 0.05) is 12.8 Å². The number of carbonyl (C=O) groups is 2. The van der Waals surface area contributed by atoms with Crippen molar-refractivity contribution in [2.24, 2.45) is 0 Å². The van der Waals surface area contributed by atoms with Crippen LogP contribution in [0.15, 0.2) is 0 Å². The quantitative estimate of drug-likeness (QED) is 0.0264. The summed E-state index contributed by atoms with van der Waals surface area (Å²) < 4.78 is 29.3. The molecule has 0 radical (unpaired) electrons. The van der Waals surface area contributed by atoms with E-state index in [1.54, 1.807) is 0 Å². The predicted octanol–water partition coefficient (Wildman–Crippen LogP) is 12.2. The third-order valence-electron chi connectivity index (χ3n) is 10.2. The summed E-state index contributed by atoms with van der Waals surface area (Å²) in [5.41, 5.74) is 0. The molecular weight excluding hydrogens is 685 g/mol. The molecule has 0 aliphatic carbocycles. The number of carbonyl (C=O) groups excluding carboxylic acids is 2. The van der Waals surface area contributed by atoms with Gasteiger partial charge in [-0.3, -0.25) is 9.59 Å². The molecule has 0 saturated heterocycles. The van der Waals surface area contributed by atoms with Gasteiger partial charge in [-0.25, -0.2) is 0 Å². The van der Waals surface area contributed by atoms with Crippen LogP contribution in [0.1, 0.15) is 219 Å². The van der Waals surface area contributed by atoms with Crippen molar-refractivity contribution < 1.29 is 37.5 Å². The van der Waals surface area contributed by atoms with Crippen molar-refractivity contribution in [3.63, 3.8) is 0 Å². The molecule has 0 aromatic heterocycles. The van der Waals surface area contributed by atoms with Crippen molar-refractivity contribution in [2.45, 2.75) is 225 Å². The fourth-order valence-electron chi connectivity index (χ4n) is 6.58. The van der Waals surface area contributed by atoms with Gasteiger partial charge in [-0.15, -0.1) is 0 Å². The van der Waals surface area contributed by atoms with E-state index in [9.17, 15) is 19.0 Å². The summed E-state index contributed by atoms with van der Waals surface area (Å²) in [6.45, 7) is 4.39. The Morgan fingerprint density at radius 2 is 0.830 bits per heavy atom. The van der Waals surface area contributed by atoms with Crippen molar-refractivity contribution in [1.29, 1.82) is 0 Å². The first-order valence-corrected chi connectivity index (χ1v) is 24.3. The van der Waals surface area contributed by atoms with E-state index >= 15 is 0 Å². The van der Waals surface area contributed by atoms with E-state index in [0.29, 0.717) is 17.4 Å². The molecule has 2 unspecified atom stereocenters. The largest absolute Gasteiger partial charge is 0.778 e. The molecule has 0 aliphatic rings. The monoisotopic (exact) mass is 774 g/mol. The number of nitrogens with zero attached hydrogens (tertiary/aromatic N) is 1. The Labute approximate surface area is 328 Å². The Morgan fingerprint density at radius 1 is 0.509 bits per heavy atom. The molecule has 0 aromatic rings. The first-order valence-electron chi connectivity index (χ1n) is 22.6. The van der Waals surface area contributed by atoms with Gasteiger partial charge in [0.05, 0.1) is 40.5 Å². The number of esters is 2. The van der Waals surface area contributed by atoms with Crippen LogP contribution in [-0.4, -0.2) is 69.6 Å². The molecule has 0 saturated carbocycles. The van der Waals surface area contributed by atoms with Gasteiger partial charge in [0.1, 0.15) is 14.2 Å². The Balaban J connectivity index is 4.25. The Morgan fingerprint density at radius 3 is 1.17 bits per heavy atom. The smallest absolute Gasteiger partial charge is 0.306 e. The molecule has 9 heteroatoms. The Kier molecular flexibility index (Phi) is 36.0. The number of unbranched alkanes of at least 4 members (excludes halogenated alkanes) is 28. The molecule has 8 nitrogen and oxygen atoms in total. The lowest BCUT2D eigenvalue weighted by Crippen LogP contribution is -2.38. The normalized spacial score (nSPS) is 13.5.